The molecule has 0 spiro atoms. The second kappa shape index (κ2) is 9.04. The normalized spacial score (nSPS) is 20.2. The number of aliphatic hydroxyl groups is 1. The van der Waals surface area contributed by atoms with Crippen LogP contribution in [0, 0.1) is 5.92 Å². The van der Waals surface area contributed by atoms with Gasteiger partial charge in [-0.3, -0.25) is 9.78 Å². The van der Waals surface area contributed by atoms with Gasteiger partial charge in [0.05, 0.1) is 6.10 Å². The van der Waals surface area contributed by atoms with Gasteiger partial charge in [0.25, 0.3) is 5.91 Å². The molecule has 2 aliphatic rings. The number of fused-ring (bicyclic) bond motifs is 1. The Labute approximate surface area is 187 Å². The lowest BCUT2D eigenvalue weighted by Gasteiger charge is -2.25. The number of nitrogens with one attached hydrogen (secondary N) is 1. The molecule has 1 fully saturated rings. The van der Waals surface area contributed by atoms with Crippen LogP contribution in [0.5, 0.6) is 0 Å². The third kappa shape index (κ3) is 4.34. The van der Waals surface area contributed by atoms with Crippen molar-refractivity contribution in [1.82, 2.24) is 20.3 Å². The summed E-state index contributed by atoms with van der Waals surface area (Å²) in [5, 5.41) is 13.7. The number of benzene rings is 1. The molecular weight excluding hydrogens is 402 g/mol. The summed E-state index contributed by atoms with van der Waals surface area (Å²) in [6.07, 6.45) is 6.09. The minimum Gasteiger partial charge on any atom is -0.391 e. The Morgan fingerprint density at radius 3 is 2.62 bits per heavy atom. The highest BCUT2D eigenvalue weighted by Gasteiger charge is 2.35. The molecule has 1 amide bonds. The summed E-state index contributed by atoms with van der Waals surface area (Å²) < 4.78 is 0. The lowest BCUT2D eigenvalue weighted by molar-refractivity contribution is 0.0940. The van der Waals surface area contributed by atoms with Crippen molar-refractivity contribution in [3.63, 3.8) is 0 Å². The second-order valence-electron chi connectivity index (χ2n) is 8.57. The third-order valence-corrected chi connectivity index (χ3v) is 6.34. The third-order valence-electron chi connectivity index (χ3n) is 6.34. The summed E-state index contributed by atoms with van der Waals surface area (Å²) in [5.41, 5.74) is 3.76. The van der Waals surface area contributed by atoms with E-state index in [4.69, 9.17) is 4.98 Å². The Morgan fingerprint density at radius 1 is 1.00 bits per heavy atom. The van der Waals surface area contributed by atoms with Gasteiger partial charge in [-0.1, -0.05) is 30.3 Å². The number of aliphatic hydroxyl groups excluding tert-OH is 1. The number of nitrogens with zero attached hydrogens (tertiary/aromatic N) is 4. The molecule has 2 aromatic heterocycles. The van der Waals surface area contributed by atoms with Gasteiger partial charge >= 0.3 is 0 Å². The average molecular weight is 430 g/mol. The van der Waals surface area contributed by atoms with Crippen molar-refractivity contribution in [3.8, 4) is 0 Å². The lowest BCUT2D eigenvalue weighted by atomic mass is 9.97. The number of carbonyl (C=O) groups is 1. The maximum atomic E-state index is 12.6. The van der Waals surface area contributed by atoms with E-state index in [9.17, 15) is 9.90 Å². The zero-order valence-electron chi connectivity index (χ0n) is 17.9. The van der Waals surface area contributed by atoms with Crippen molar-refractivity contribution < 1.29 is 9.90 Å². The Bertz CT molecular complexity index is 1090. The van der Waals surface area contributed by atoms with E-state index in [1.165, 1.54) is 11.1 Å². The number of aryl methyl sites for hydroxylation is 2. The van der Waals surface area contributed by atoms with Crippen LogP contribution in [0.3, 0.4) is 0 Å². The minimum atomic E-state index is -0.445. The van der Waals surface area contributed by atoms with Crippen molar-refractivity contribution in [2.75, 3.05) is 24.5 Å². The Hall–Kier alpha value is -3.32. The standard InChI is InChI=1S/C25H27N5O2/c31-21-16-30(15-19(21)14-18-8-11-26-12-9-18)24-20-10-13-27-25(32)23(20)28-22(29-24)7-6-17-4-2-1-3-5-17/h1-5,8-9,11-12,19,21,31H,6-7,10,13-16H2,(H,27,32)/t19-,21+/m1/s1. The van der Waals surface area contributed by atoms with Crippen molar-refractivity contribution >= 4 is 11.7 Å². The molecule has 0 unspecified atom stereocenters. The summed E-state index contributed by atoms with van der Waals surface area (Å²) >= 11 is 0. The molecule has 1 aromatic carbocycles. The molecule has 2 atom stereocenters. The van der Waals surface area contributed by atoms with Crippen LogP contribution in [0.15, 0.2) is 54.9 Å². The van der Waals surface area contributed by atoms with Gasteiger partial charge < -0.3 is 15.3 Å². The highest BCUT2D eigenvalue weighted by Crippen LogP contribution is 2.30. The molecule has 164 valence electrons. The second-order valence-corrected chi connectivity index (χ2v) is 8.57. The molecule has 2 N–H and O–H groups in total. The van der Waals surface area contributed by atoms with Crippen LogP contribution in [0.4, 0.5) is 5.82 Å². The molecule has 0 aliphatic carbocycles. The number of rotatable bonds is 6. The van der Waals surface area contributed by atoms with Crippen LogP contribution >= 0.6 is 0 Å². The predicted octanol–water partition coefficient (Wildman–Crippen LogP) is 1.98. The van der Waals surface area contributed by atoms with Crippen LogP contribution in [0.1, 0.15) is 33.0 Å². The van der Waals surface area contributed by atoms with E-state index in [1.807, 2.05) is 30.3 Å². The van der Waals surface area contributed by atoms with E-state index in [0.717, 1.165) is 24.2 Å². The molecule has 0 bridgehead atoms. The zero-order chi connectivity index (χ0) is 21.9. The largest absolute Gasteiger partial charge is 0.391 e. The maximum absolute atomic E-state index is 12.6. The van der Waals surface area contributed by atoms with E-state index in [-0.39, 0.29) is 11.8 Å². The molecule has 32 heavy (non-hydrogen) atoms. The van der Waals surface area contributed by atoms with Gasteiger partial charge in [0.15, 0.2) is 0 Å². The van der Waals surface area contributed by atoms with Crippen LogP contribution in [0.2, 0.25) is 0 Å². The molecule has 4 heterocycles. The summed E-state index contributed by atoms with van der Waals surface area (Å²) in [5.74, 6) is 1.45. The number of amides is 1. The fourth-order valence-corrected chi connectivity index (χ4v) is 4.64. The van der Waals surface area contributed by atoms with E-state index in [2.05, 4.69) is 32.3 Å². The highest BCUT2D eigenvalue weighted by atomic mass is 16.3. The quantitative estimate of drug-likeness (QED) is 0.623. The van der Waals surface area contributed by atoms with E-state index < -0.39 is 6.10 Å². The van der Waals surface area contributed by atoms with Crippen molar-refractivity contribution in [2.24, 2.45) is 5.92 Å². The van der Waals surface area contributed by atoms with E-state index in [0.29, 0.717) is 44.0 Å². The Morgan fingerprint density at radius 2 is 1.81 bits per heavy atom. The fraction of sp³-hybridized carbons (Fsp3) is 0.360. The van der Waals surface area contributed by atoms with Gasteiger partial charge in [0.1, 0.15) is 17.3 Å². The molecule has 2 aliphatic heterocycles. The van der Waals surface area contributed by atoms with Crippen LogP contribution < -0.4 is 10.2 Å². The van der Waals surface area contributed by atoms with Crippen molar-refractivity contribution in [3.05, 3.63) is 83.1 Å². The first kappa shape index (κ1) is 20.6. The van der Waals surface area contributed by atoms with E-state index in [1.54, 1.807) is 12.4 Å². The number of anilines is 1. The monoisotopic (exact) mass is 429 g/mol. The minimum absolute atomic E-state index is 0.105. The van der Waals surface area contributed by atoms with Crippen LogP contribution in [-0.4, -0.2) is 51.7 Å². The lowest BCUT2D eigenvalue weighted by Crippen LogP contribution is -2.36. The maximum Gasteiger partial charge on any atom is 0.270 e. The van der Waals surface area contributed by atoms with Gasteiger partial charge in [-0.2, -0.15) is 0 Å². The van der Waals surface area contributed by atoms with Crippen molar-refractivity contribution in [2.45, 2.75) is 31.8 Å². The molecular formula is C25H27N5O2. The zero-order valence-corrected chi connectivity index (χ0v) is 17.9. The summed E-state index contributed by atoms with van der Waals surface area (Å²) in [7, 11) is 0. The molecule has 0 saturated carbocycles. The molecule has 0 radical (unpaired) electrons. The van der Waals surface area contributed by atoms with Crippen LogP contribution in [0.25, 0.3) is 0 Å². The number of hydrogen-bond donors (Lipinski definition) is 2. The SMILES string of the molecule is O=C1NCCc2c1nc(CCc1ccccc1)nc2N1C[C@@H](Cc2ccncc2)[C@@H](O)C1. The number of hydrogen-bond acceptors (Lipinski definition) is 6. The summed E-state index contributed by atoms with van der Waals surface area (Å²) in [4.78, 5) is 28.3. The highest BCUT2D eigenvalue weighted by molar-refractivity contribution is 5.96. The Balaban J connectivity index is 1.41. The number of pyridine rings is 1. The first-order valence-corrected chi connectivity index (χ1v) is 11.2. The molecule has 1 saturated heterocycles. The van der Waals surface area contributed by atoms with Crippen molar-refractivity contribution in [1.29, 1.82) is 0 Å². The molecule has 5 rings (SSSR count). The first-order valence-electron chi connectivity index (χ1n) is 11.2. The summed E-state index contributed by atoms with van der Waals surface area (Å²) in [6, 6.07) is 14.2. The van der Waals surface area contributed by atoms with Crippen LogP contribution in [-0.2, 0) is 25.7 Å². The topological polar surface area (TPSA) is 91.2 Å². The number of β-amino-alcohol motifs (C(OH)–C–C–N with tert-alkyl or cyclic N) is 1. The predicted molar refractivity (Wildman–Crippen MR) is 122 cm³/mol. The van der Waals surface area contributed by atoms with E-state index >= 15 is 0 Å². The van der Waals surface area contributed by atoms with Gasteiger partial charge in [0, 0.05) is 49.9 Å². The van der Waals surface area contributed by atoms with Gasteiger partial charge in [-0.25, -0.2) is 9.97 Å². The molecule has 7 nitrogen and oxygen atoms in total. The number of aromatic nitrogens is 3. The van der Waals surface area contributed by atoms with Gasteiger partial charge in [-0.05, 0) is 42.5 Å². The number of carbonyl (C=O) groups excluding carboxylic acids is 1. The molecule has 7 heteroatoms. The fourth-order valence-electron chi connectivity index (χ4n) is 4.64. The Kier molecular flexibility index (Phi) is 5.81. The van der Waals surface area contributed by atoms with Gasteiger partial charge in [-0.15, -0.1) is 0 Å². The molecule has 3 aromatic rings. The first-order chi connectivity index (χ1) is 15.7. The average Bonchev–Trinajstić information content (AvgIpc) is 3.19. The smallest absolute Gasteiger partial charge is 0.270 e. The van der Waals surface area contributed by atoms with Gasteiger partial charge in [0.2, 0.25) is 0 Å². The summed E-state index contributed by atoms with van der Waals surface area (Å²) in [6.45, 7) is 1.80.